The number of benzene rings is 5. The molecule has 1 heteroatoms. The second kappa shape index (κ2) is 6.20. The summed E-state index contributed by atoms with van der Waals surface area (Å²) in [6.45, 7) is 0.566. The molecule has 0 N–H and O–H groups in total. The second-order valence-corrected chi connectivity index (χ2v) is 6.65. The molecule has 26 heavy (non-hydrogen) atoms. The summed E-state index contributed by atoms with van der Waals surface area (Å²) in [7, 11) is 0. The first-order valence-corrected chi connectivity index (χ1v) is 8.89. The minimum Gasteiger partial charge on any atom is -0.488 e. The molecule has 5 aromatic carbocycles. The molecule has 124 valence electrons. The Morgan fingerprint density at radius 1 is 0.500 bits per heavy atom. The van der Waals surface area contributed by atoms with Gasteiger partial charge in [-0.15, -0.1) is 0 Å². The zero-order chi connectivity index (χ0) is 17.3. The van der Waals surface area contributed by atoms with Crippen LogP contribution in [0.4, 0.5) is 0 Å². The lowest BCUT2D eigenvalue weighted by Crippen LogP contribution is -1.96. The van der Waals surface area contributed by atoms with Crippen molar-refractivity contribution in [3.8, 4) is 5.75 Å². The zero-order valence-corrected chi connectivity index (χ0v) is 14.4. The Kier molecular flexibility index (Phi) is 3.57. The molecule has 0 amide bonds. The van der Waals surface area contributed by atoms with E-state index in [1.165, 1.54) is 32.5 Å². The summed E-state index contributed by atoms with van der Waals surface area (Å²) in [6.07, 6.45) is 0. The molecule has 5 rings (SSSR count). The van der Waals surface area contributed by atoms with Crippen molar-refractivity contribution < 1.29 is 4.74 Å². The van der Waals surface area contributed by atoms with Crippen molar-refractivity contribution in [2.24, 2.45) is 0 Å². The summed E-state index contributed by atoms with van der Waals surface area (Å²) < 4.78 is 6.20. The summed E-state index contributed by atoms with van der Waals surface area (Å²) in [6, 6.07) is 34.1. The van der Waals surface area contributed by atoms with Crippen LogP contribution in [-0.4, -0.2) is 0 Å². The van der Waals surface area contributed by atoms with E-state index in [9.17, 15) is 0 Å². The van der Waals surface area contributed by atoms with Gasteiger partial charge in [-0.05, 0) is 56.8 Å². The first kappa shape index (κ1) is 15.0. The van der Waals surface area contributed by atoms with Crippen LogP contribution in [0.2, 0.25) is 0 Å². The van der Waals surface area contributed by atoms with E-state index >= 15 is 0 Å². The fourth-order valence-electron chi connectivity index (χ4n) is 3.55. The molecule has 0 bridgehead atoms. The van der Waals surface area contributed by atoms with Gasteiger partial charge >= 0.3 is 0 Å². The quantitative estimate of drug-likeness (QED) is 0.333. The van der Waals surface area contributed by atoms with Gasteiger partial charge in [-0.1, -0.05) is 72.8 Å². The Bertz CT molecular complexity index is 1240. The largest absolute Gasteiger partial charge is 0.488 e. The fourth-order valence-corrected chi connectivity index (χ4v) is 3.55. The van der Waals surface area contributed by atoms with Gasteiger partial charge in [0.1, 0.15) is 12.4 Å². The Balaban J connectivity index is 1.51. The van der Waals surface area contributed by atoms with Crippen LogP contribution in [0.15, 0.2) is 97.1 Å². The summed E-state index contributed by atoms with van der Waals surface area (Å²) in [5.74, 6) is 0.932. The number of hydrogen-bond donors (Lipinski definition) is 0. The first-order valence-electron chi connectivity index (χ1n) is 8.89. The third-order valence-corrected chi connectivity index (χ3v) is 4.91. The van der Waals surface area contributed by atoms with Crippen molar-refractivity contribution in [1.82, 2.24) is 0 Å². The summed E-state index contributed by atoms with van der Waals surface area (Å²) in [5.41, 5.74) is 1.18. The lowest BCUT2D eigenvalue weighted by atomic mass is 10.0. The van der Waals surface area contributed by atoms with E-state index in [1.807, 2.05) is 0 Å². The van der Waals surface area contributed by atoms with E-state index in [2.05, 4.69) is 97.1 Å². The maximum absolute atomic E-state index is 6.20. The monoisotopic (exact) mass is 334 g/mol. The van der Waals surface area contributed by atoms with E-state index in [0.29, 0.717) is 6.61 Å². The normalized spacial score (nSPS) is 11.2. The van der Waals surface area contributed by atoms with Gasteiger partial charge in [0, 0.05) is 5.39 Å². The standard InChI is InChI=1S/C25H18O/c1-2-7-20-14-18(12-13-19(20)6-1)17-26-25-11-5-10-23-15-21-8-3-4-9-22(21)16-24(23)25/h1-16H,17H2. The van der Waals surface area contributed by atoms with Crippen molar-refractivity contribution in [3.63, 3.8) is 0 Å². The molecule has 0 radical (unpaired) electrons. The van der Waals surface area contributed by atoms with E-state index in [4.69, 9.17) is 4.74 Å². The highest BCUT2D eigenvalue weighted by Gasteiger charge is 2.05. The molecule has 0 saturated heterocycles. The van der Waals surface area contributed by atoms with Crippen LogP contribution < -0.4 is 4.74 Å². The van der Waals surface area contributed by atoms with Gasteiger partial charge in [0.05, 0.1) is 0 Å². The molecule has 0 spiro atoms. The van der Waals surface area contributed by atoms with Gasteiger partial charge in [0.15, 0.2) is 0 Å². The number of fused-ring (bicyclic) bond motifs is 3. The van der Waals surface area contributed by atoms with Crippen molar-refractivity contribution in [3.05, 3.63) is 103 Å². The van der Waals surface area contributed by atoms with E-state index < -0.39 is 0 Å². The second-order valence-electron chi connectivity index (χ2n) is 6.65. The van der Waals surface area contributed by atoms with Gasteiger partial charge in [-0.25, -0.2) is 0 Å². The van der Waals surface area contributed by atoms with Crippen LogP contribution in [0.5, 0.6) is 5.75 Å². The summed E-state index contributed by atoms with van der Waals surface area (Å²) in [5, 5.41) is 7.37. The average molecular weight is 334 g/mol. The number of ether oxygens (including phenoxy) is 1. The molecule has 0 aliphatic heterocycles. The summed E-state index contributed by atoms with van der Waals surface area (Å²) >= 11 is 0. The highest BCUT2D eigenvalue weighted by Crippen LogP contribution is 2.30. The smallest absolute Gasteiger partial charge is 0.127 e. The fraction of sp³-hybridized carbons (Fsp3) is 0.0400. The Labute approximate surface area is 152 Å². The molecule has 0 aliphatic carbocycles. The maximum Gasteiger partial charge on any atom is 0.127 e. The zero-order valence-electron chi connectivity index (χ0n) is 14.4. The first-order chi connectivity index (χ1) is 12.9. The van der Waals surface area contributed by atoms with E-state index in [-0.39, 0.29) is 0 Å². The molecule has 0 aromatic heterocycles. The predicted molar refractivity (Wildman–Crippen MR) is 110 cm³/mol. The molecule has 0 heterocycles. The van der Waals surface area contributed by atoms with Gasteiger partial charge < -0.3 is 4.74 Å². The molecule has 0 saturated carbocycles. The van der Waals surface area contributed by atoms with Crippen LogP contribution in [0, 0.1) is 0 Å². The molecular formula is C25H18O. The SMILES string of the molecule is c1ccc2cc(COc3cccc4cc5ccccc5cc34)ccc2c1. The van der Waals surface area contributed by atoms with Crippen molar-refractivity contribution in [2.45, 2.75) is 6.61 Å². The lowest BCUT2D eigenvalue weighted by Gasteiger charge is -2.11. The Morgan fingerprint density at radius 2 is 1.15 bits per heavy atom. The maximum atomic E-state index is 6.20. The van der Waals surface area contributed by atoms with Gasteiger partial charge in [-0.3, -0.25) is 0 Å². The minimum atomic E-state index is 0.566. The average Bonchev–Trinajstić information content (AvgIpc) is 2.70. The molecule has 1 nitrogen and oxygen atoms in total. The lowest BCUT2D eigenvalue weighted by molar-refractivity contribution is 0.310. The Morgan fingerprint density at radius 3 is 1.96 bits per heavy atom. The van der Waals surface area contributed by atoms with Crippen LogP contribution in [-0.2, 0) is 6.61 Å². The van der Waals surface area contributed by atoms with E-state index in [0.717, 1.165) is 11.1 Å². The van der Waals surface area contributed by atoms with Crippen molar-refractivity contribution >= 4 is 32.3 Å². The van der Waals surface area contributed by atoms with Crippen LogP contribution in [0.25, 0.3) is 32.3 Å². The van der Waals surface area contributed by atoms with E-state index in [1.54, 1.807) is 0 Å². The van der Waals surface area contributed by atoms with Crippen molar-refractivity contribution in [1.29, 1.82) is 0 Å². The minimum absolute atomic E-state index is 0.566. The topological polar surface area (TPSA) is 9.23 Å². The summed E-state index contributed by atoms with van der Waals surface area (Å²) in [4.78, 5) is 0. The molecule has 0 fully saturated rings. The van der Waals surface area contributed by atoms with Gasteiger partial charge in [0.25, 0.3) is 0 Å². The highest BCUT2D eigenvalue weighted by atomic mass is 16.5. The number of hydrogen-bond acceptors (Lipinski definition) is 1. The molecule has 5 aromatic rings. The molecular weight excluding hydrogens is 316 g/mol. The van der Waals surface area contributed by atoms with Crippen LogP contribution >= 0.6 is 0 Å². The highest BCUT2D eigenvalue weighted by molar-refractivity contribution is 6.00. The van der Waals surface area contributed by atoms with Crippen molar-refractivity contribution in [2.75, 3.05) is 0 Å². The predicted octanol–water partition coefficient (Wildman–Crippen LogP) is 6.73. The van der Waals surface area contributed by atoms with Gasteiger partial charge in [-0.2, -0.15) is 0 Å². The third-order valence-electron chi connectivity index (χ3n) is 4.91. The molecule has 0 atom stereocenters. The molecule has 0 unspecified atom stereocenters. The number of rotatable bonds is 3. The van der Waals surface area contributed by atoms with Gasteiger partial charge in [0.2, 0.25) is 0 Å². The Hall–Kier alpha value is -3.32. The van der Waals surface area contributed by atoms with Crippen LogP contribution in [0.1, 0.15) is 5.56 Å². The third kappa shape index (κ3) is 2.68. The molecule has 0 aliphatic rings. The van der Waals surface area contributed by atoms with Crippen LogP contribution in [0.3, 0.4) is 0 Å².